The number of halogens is 5. The second kappa shape index (κ2) is 7.25. The van der Waals surface area contributed by atoms with Crippen LogP contribution in [0.3, 0.4) is 0 Å². The SMILES string of the molecule is CC(C)(C)OC(=O)NC1=N[C@](C)(c2cc(Br)cnc2F)C[C@@H](C(F)(F)F)O1. The highest BCUT2D eigenvalue weighted by Gasteiger charge is 2.50. The summed E-state index contributed by atoms with van der Waals surface area (Å²) in [6, 6.07) is 0.579. The molecule has 0 bridgehead atoms. The Labute approximate surface area is 161 Å². The Bertz CT molecular complexity index is 764. The molecule has 150 valence electrons. The van der Waals surface area contributed by atoms with Crippen LogP contribution in [0.2, 0.25) is 0 Å². The molecule has 1 aromatic heterocycles. The van der Waals surface area contributed by atoms with E-state index in [0.717, 1.165) is 0 Å². The van der Waals surface area contributed by atoms with Crippen LogP contribution < -0.4 is 5.32 Å². The zero-order chi connectivity index (χ0) is 20.6. The van der Waals surface area contributed by atoms with Gasteiger partial charge in [0.15, 0.2) is 6.10 Å². The lowest BCUT2D eigenvalue weighted by molar-refractivity contribution is -0.208. The maximum atomic E-state index is 14.2. The van der Waals surface area contributed by atoms with E-state index >= 15 is 0 Å². The Hall–Kier alpha value is -1.91. The number of pyridine rings is 1. The van der Waals surface area contributed by atoms with Gasteiger partial charge in [-0.3, -0.25) is 0 Å². The summed E-state index contributed by atoms with van der Waals surface area (Å²) < 4.78 is 64.3. The molecule has 1 amide bonds. The van der Waals surface area contributed by atoms with Crippen LogP contribution in [0.5, 0.6) is 0 Å². The van der Waals surface area contributed by atoms with E-state index in [1.165, 1.54) is 19.2 Å². The number of nitrogens with one attached hydrogen (secondary N) is 1. The number of carbonyl (C=O) groups excluding carboxylic acids is 1. The van der Waals surface area contributed by atoms with Gasteiger partial charge in [0.25, 0.3) is 6.02 Å². The molecule has 0 fully saturated rings. The first-order valence-electron chi connectivity index (χ1n) is 7.84. The molecule has 1 aliphatic heterocycles. The van der Waals surface area contributed by atoms with Crippen LogP contribution in [-0.2, 0) is 15.0 Å². The molecule has 0 aliphatic carbocycles. The van der Waals surface area contributed by atoms with Crippen LogP contribution in [0.1, 0.15) is 39.7 Å². The average Bonchev–Trinajstić information content (AvgIpc) is 2.46. The maximum absolute atomic E-state index is 14.2. The number of nitrogens with zero attached hydrogens (tertiary/aromatic N) is 2. The van der Waals surface area contributed by atoms with Gasteiger partial charge in [-0.25, -0.2) is 20.1 Å². The van der Waals surface area contributed by atoms with Gasteiger partial charge in [0.1, 0.15) is 5.60 Å². The smallest absolute Gasteiger partial charge is 0.425 e. The lowest BCUT2D eigenvalue weighted by Gasteiger charge is -2.36. The molecule has 6 nitrogen and oxygen atoms in total. The van der Waals surface area contributed by atoms with E-state index < -0.39 is 47.9 Å². The first kappa shape index (κ1) is 21.4. The molecule has 0 aromatic carbocycles. The zero-order valence-corrected chi connectivity index (χ0v) is 16.5. The quantitative estimate of drug-likeness (QED) is 0.502. The second-order valence-corrected chi connectivity index (χ2v) is 8.08. The molecule has 1 aliphatic rings. The van der Waals surface area contributed by atoms with Crippen molar-refractivity contribution in [3.63, 3.8) is 0 Å². The minimum Gasteiger partial charge on any atom is -0.452 e. The number of amidine groups is 1. The molecular weight excluding hydrogens is 438 g/mol. The summed E-state index contributed by atoms with van der Waals surface area (Å²) in [6.07, 6.45) is -7.62. The molecule has 27 heavy (non-hydrogen) atoms. The fourth-order valence-corrected chi connectivity index (χ4v) is 2.77. The van der Waals surface area contributed by atoms with Crippen LogP contribution in [0.25, 0.3) is 0 Å². The molecule has 2 rings (SSSR count). The normalized spacial score (nSPS) is 23.3. The molecule has 0 spiro atoms. The number of ether oxygens (including phenoxy) is 2. The van der Waals surface area contributed by atoms with E-state index in [2.05, 4.69) is 25.9 Å². The lowest BCUT2D eigenvalue weighted by Crippen LogP contribution is -2.49. The third-order valence-electron chi connectivity index (χ3n) is 3.54. The highest BCUT2D eigenvalue weighted by atomic mass is 79.9. The second-order valence-electron chi connectivity index (χ2n) is 7.16. The third-order valence-corrected chi connectivity index (χ3v) is 3.98. The van der Waals surface area contributed by atoms with Crippen LogP contribution in [-0.4, -0.2) is 35.0 Å². The molecule has 2 heterocycles. The van der Waals surface area contributed by atoms with Gasteiger partial charge in [0.05, 0.1) is 5.54 Å². The van der Waals surface area contributed by atoms with E-state index in [4.69, 9.17) is 9.47 Å². The van der Waals surface area contributed by atoms with E-state index in [1.807, 2.05) is 5.32 Å². The summed E-state index contributed by atoms with van der Waals surface area (Å²) in [7, 11) is 0. The number of hydrogen-bond donors (Lipinski definition) is 1. The molecule has 1 N–H and O–H groups in total. The van der Waals surface area contributed by atoms with E-state index in [9.17, 15) is 22.4 Å². The summed E-state index contributed by atoms with van der Waals surface area (Å²) >= 11 is 3.11. The Balaban J connectivity index is 2.42. The van der Waals surface area contributed by atoms with E-state index in [-0.39, 0.29) is 5.56 Å². The number of alkyl carbamates (subject to hydrolysis) is 1. The molecule has 0 radical (unpaired) electrons. The summed E-state index contributed by atoms with van der Waals surface area (Å²) in [5.41, 5.74) is -2.73. The van der Waals surface area contributed by atoms with Gasteiger partial charge >= 0.3 is 12.3 Å². The zero-order valence-electron chi connectivity index (χ0n) is 14.9. The molecule has 0 saturated heterocycles. The fraction of sp³-hybridized carbons (Fsp3) is 0.562. The lowest BCUT2D eigenvalue weighted by atomic mass is 9.86. The van der Waals surface area contributed by atoms with Crippen LogP contribution in [0.4, 0.5) is 22.4 Å². The van der Waals surface area contributed by atoms with Crippen LogP contribution in [0.15, 0.2) is 21.7 Å². The molecule has 2 atom stereocenters. The van der Waals surface area contributed by atoms with Crippen molar-refractivity contribution in [3.05, 3.63) is 28.2 Å². The van der Waals surface area contributed by atoms with Crippen molar-refractivity contribution in [2.45, 2.75) is 57.5 Å². The summed E-state index contributed by atoms with van der Waals surface area (Å²) in [5, 5.41) is 2.05. The first-order valence-corrected chi connectivity index (χ1v) is 8.64. The molecule has 1 aromatic rings. The van der Waals surface area contributed by atoms with Gasteiger partial charge in [0.2, 0.25) is 5.95 Å². The summed E-state index contributed by atoms with van der Waals surface area (Å²) in [5.74, 6) is -0.969. The predicted octanol–water partition coefficient (Wildman–Crippen LogP) is 4.43. The van der Waals surface area contributed by atoms with Gasteiger partial charge in [-0.2, -0.15) is 17.6 Å². The monoisotopic (exact) mass is 455 g/mol. The number of aromatic nitrogens is 1. The van der Waals surface area contributed by atoms with E-state index in [0.29, 0.717) is 4.47 Å². The van der Waals surface area contributed by atoms with Crippen molar-refractivity contribution >= 4 is 28.0 Å². The molecule has 0 unspecified atom stereocenters. The van der Waals surface area contributed by atoms with Gasteiger partial charge < -0.3 is 9.47 Å². The first-order chi connectivity index (χ1) is 12.2. The number of rotatable bonds is 1. The van der Waals surface area contributed by atoms with Crippen molar-refractivity contribution < 1.29 is 31.8 Å². The van der Waals surface area contributed by atoms with Crippen molar-refractivity contribution in [1.29, 1.82) is 0 Å². The number of aliphatic imine (C=N–C) groups is 1. The molecule has 11 heteroatoms. The molecule has 0 saturated carbocycles. The minimum absolute atomic E-state index is 0.169. The standard InChI is InChI=1S/C16H18BrF4N3O3/c1-14(2,3)27-13(25)23-12-24-15(4,6-10(26-12)16(19,20)21)9-5-8(17)7-22-11(9)18/h5,7,10H,6H2,1-4H3,(H,23,24,25)/t10-,15-/m0/s1. The summed E-state index contributed by atoms with van der Waals surface area (Å²) in [4.78, 5) is 19.4. The van der Waals surface area contributed by atoms with Crippen molar-refractivity contribution in [2.24, 2.45) is 4.99 Å². The van der Waals surface area contributed by atoms with Gasteiger partial charge in [-0.1, -0.05) is 0 Å². The van der Waals surface area contributed by atoms with Crippen LogP contribution in [0, 0.1) is 5.95 Å². The Morgan fingerprint density at radius 2 is 2.04 bits per heavy atom. The highest BCUT2D eigenvalue weighted by Crippen LogP contribution is 2.41. The van der Waals surface area contributed by atoms with Gasteiger partial charge in [-0.05, 0) is 49.7 Å². The maximum Gasteiger partial charge on any atom is 0.425 e. The Morgan fingerprint density at radius 3 is 2.59 bits per heavy atom. The summed E-state index contributed by atoms with van der Waals surface area (Å²) in [6.45, 7) is 6.06. The fourth-order valence-electron chi connectivity index (χ4n) is 2.43. The average molecular weight is 456 g/mol. The third kappa shape index (κ3) is 5.53. The Kier molecular flexibility index (Phi) is 5.74. The van der Waals surface area contributed by atoms with Gasteiger partial charge in [0, 0.05) is 22.7 Å². The van der Waals surface area contributed by atoms with Crippen molar-refractivity contribution in [2.75, 3.05) is 0 Å². The van der Waals surface area contributed by atoms with Crippen molar-refractivity contribution in [3.8, 4) is 0 Å². The number of carbonyl (C=O) groups is 1. The number of alkyl halides is 3. The van der Waals surface area contributed by atoms with E-state index in [1.54, 1.807) is 20.8 Å². The number of amides is 1. The molecular formula is C16H18BrF4N3O3. The van der Waals surface area contributed by atoms with Crippen molar-refractivity contribution in [1.82, 2.24) is 10.3 Å². The van der Waals surface area contributed by atoms with Gasteiger partial charge in [-0.15, -0.1) is 0 Å². The minimum atomic E-state index is -4.76. The van der Waals surface area contributed by atoms with Crippen LogP contribution >= 0.6 is 15.9 Å². The highest BCUT2D eigenvalue weighted by molar-refractivity contribution is 9.10. The topological polar surface area (TPSA) is 72.8 Å². The predicted molar refractivity (Wildman–Crippen MR) is 91.6 cm³/mol. The number of hydrogen-bond acceptors (Lipinski definition) is 5. The Morgan fingerprint density at radius 1 is 1.41 bits per heavy atom. The largest absolute Gasteiger partial charge is 0.452 e.